The van der Waals surface area contributed by atoms with Gasteiger partial charge in [0.05, 0.1) is 12.2 Å². The molecule has 4 amide bonds. The van der Waals surface area contributed by atoms with Crippen LogP contribution in [0.15, 0.2) is 48.5 Å². The molecule has 10 heteroatoms. The zero-order valence-corrected chi connectivity index (χ0v) is 22.0. The van der Waals surface area contributed by atoms with E-state index in [9.17, 15) is 19.2 Å². The zero-order chi connectivity index (χ0) is 27.5. The normalized spacial score (nSPS) is 18.4. The van der Waals surface area contributed by atoms with E-state index in [2.05, 4.69) is 21.3 Å². The molecular formula is C29H36N4O6. The van der Waals surface area contributed by atoms with Gasteiger partial charge in [0.25, 0.3) is 11.8 Å². The highest BCUT2D eigenvalue weighted by atomic mass is 16.5. The van der Waals surface area contributed by atoms with E-state index in [4.69, 9.17) is 9.47 Å². The third kappa shape index (κ3) is 9.19. The van der Waals surface area contributed by atoms with Gasteiger partial charge in [-0.1, -0.05) is 0 Å². The quantitative estimate of drug-likeness (QED) is 0.329. The van der Waals surface area contributed by atoms with E-state index in [1.807, 2.05) is 0 Å². The highest BCUT2D eigenvalue weighted by molar-refractivity contribution is 5.97. The van der Waals surface area contributed by atoms with Crippen LogP contribution in [-0.2, 0) is 19.1 Å². The molecule has 4 N–H and O–H groups in total. The molecule has 2 fully saturated rings. The third-order valence-corrected chi connectivity index (χ3v) is 6.70. The molecule has 208 valence electrons. The molecule has 2 aromatic carbocycles. The van der Waals surface area contributed by atoms with Crippen LogP contribution in [0.3, 0.4) is 0 Å². The first-order valence-corrected chi connectivity index (χ1v) is 13.6. The summed E-state index contributed by atoms with van der Waals surface area (Å²) >= 11 is 0. The Morgan fingerprint density at radius 3 is 1.41 bits per heavy atom. The van der Waals surface area contributed by atoms with Crippen molar-refractivity contribution in [1.29, 1.82) is 0 Å². The molecule has 0 aromatic heterocycles. The molecular weight excluding hydrogens is 500 g/mol. The minimum atomic E-state index is -0.211. The molecule has 2 aliphatic heterocycles. The summed E-state index contributed by atoms with van der Waals surface area (Å²) in [5.41, 5.74) is 2.19. The molecule has 4 rings (SSSR count). The van der Waals surface area contributed by atoms with Crippen molar-refractivity contribution in [2.45, 2.75) is 57.2 Å². The topological polar surface area (TPSA) is 135 Å². The van der Waals surface area contributed by atoms with Crippen molar-refractivity contribution < 1.29 is 28.7 Å². The maximum absolute atomic E-state index is 12.3. The average molecular weight is 537 g/mol. The van der Waals surface area contributed by atoms with Crippen LogP contribution in [0.2, 0.25) is 0 Å². The lowest BCUT2D eigenvalue weighted by Crippen LogP contribution is -2.31. The molecule has 10 nitrogen and oxygen atoms in total. The lowest BCUT2D eigenvalue weighted by atomic mass is 10.1. The minimum Gasteiger partial charge on any atom is -0.376 e. The predicted molar refractivity (Wildman–Crippen MR) is 147 cm³/mol. The Balaban J connectivity index is 1.11. The highest BCUT2D eigenvalue weighted by Gasteiger charge is 2.18. The first kappa shape index (κ1) is 28.3. The summed E-state index contributed by atoms with van der Waals surface area (Å²) in [6, 6.07) is 13.4. The fourth-order valence-corrected chi connectivity index (χ4v) is 4.49. The number of hydrogen-bond acceptors (Lipinski definition) is 6. The van der Waals surface area contributed by atoms with E-state index in [0.29, 0.717) is 42.0 Å². The summed E-state index contributed by atoms with van der Waals surface area (Å²) in [4.78, 5) is 49.1. The number of amides is 4. The zero-order valence-electron chi connectivity index (χ0n) is 22.0. The Morgan fingerprint density at radius 2 is 1.05 bits per heavy atom. The van der Waals surface area contributed by atoms with E-state index in [1.165, 1.54) is 0 Å². The molecule has 2 aromatic rings. The van der Waals surface area contributed by atoms with E-state index in [1.54, 1.807) is 48.5 Å². The van der Waals surface area contributed by atoms with Crippen LogP contribution in [0.4, 0.5) is 11.4 Å². The van der Waals surface area contributed by atoms with Gasteiger partial charge in [-0.2, -0.15) is 0 Å². The Hall–Kier alpha value is -3.76. The van der Waals surface area contributed by atoms with Crippen LogP contribution in [-0.4, -0.2) is 62.1 Å². The van der Waals surface area contributed by atoms with Gasteiger partial charge in [0.2, 0.25) is 11.8 Å². The Bertz CT molecular complexity index is 1030. The number of benzene rings is 2. The number of carbonyl (C=O) groups is 4. The second kappa shape index (κ2) is 14.4. The number of nitrogens with one attached hydrogen (secondary N) is 4. The first-order valence-electron chi connectivity index (χ1n) is 13.6. The van der Waals surface area contributed by atoms with Gasteiger partial charge in [0.1, 0.15) is 0 Å². The van der Waals surface area contributed by atoms with E-state index >= 15 is 0 Å². The number of rotatable bonds is 12. The molecule has 2 heterocycles. The second-order valence-corrected chi connectivity index (χ2v) is 9.79. The largest absolute Gasteiger partial charge is 0.376 e. The van der Waals surface area contributed by atoms with Crippen molar-refractivity contribution >= 4 is 35.0 Å². The van der Waals surface area contributed by atoms with Crippen molar-refractivity contribution in [3.05, 3.63) is 59.7 Å². The molecule has 39 heavy (non-hydrogen) atoms. The summed E-state index contributed by atoms with van der Waals surface area (Å²) in [6.45, 7) is 2.46. The summed E-state index contributed by atoms with van der Waals surface area (Å²) < 4.78 is 11.0. The monoisotopic (exact) mass is 536 g/mol. The van der Waals surface area contributed by atoms with Crippen molar-refractivity contribution in [2.75, 3.05) is 36.9 Å². The predicted octanol–water partition coefficient (Wildman–Crippen LogP) is 3.25. The van der Waals surface area contributed by atoms with Gasteiger partial charge >= 0.3 is 0 Å². The van der Waals surface area contributed by atoms with Gasteiger partial charge in [-0.15, -0.1) is 0 Å². The Labute approximate surface area is 228 Å². The van der Waals surface area contributed by atoms with Crippen LogP contribution < -0.4 is 21.3 Å². The van der Waals surface area contributed by atoms with Crippen LogP contribution in [0.1, 0.15) is 65.7 Å². The number of hydrogen-bond donors (Lipinski definition) is 4. The summed E-state index contributed by atoms with van der Waals surface area (Å²) in [6.07, 6.45) is 4.85. The number of ether oxygens (including phenoxy) is 2. The Morgan fingerprint density at radius 1 is 0.641 bits per heavy atom. The van der Waals surface area contributed by atoms with Crippen LogP contribution in [0.5, 0.6) is 0 Å². The van der Waals surface area contributed by atoms with Gasteiger partial charge in [-0.05, 0) is 80.6 Å². The SMILES string of the molecule is O=C(CCCC(=O)Nc1ccc(C(=O)NCC2CCCO2)cc1)Nc1ccc(C(=O)NCC2CCCO2)cc1. The molecule has 2 atom stereocenters. The lowest BCUT2D eigenvalue weighted by molar-refractivity contribution is -0.117. The smallest absolute Gasteiger partial charge is 0.251 e. The molecule has 0 spiro atoms. The van der Waals surface area contributed by atoms with E-state index in [-0.39, 0.29) is 48.7 Å². The van der Waals surface area contributed by atoms with Crippen LogP contribution >= 0.6 is 0 Å². The highest BCUT2D eigenvalue weighted by Crippen LogP contribution is 2.15. The van der Waals surface area contributed by atoms with Gasteiger partial charge in [-0.3, -0.25) is 19.2 Å². The van der Waals surface area contributed by atoms with Crippen molar-refractivity contribution in [3.63, 3.8) is 0 Å². The second-order valence-electron chi connectivity index (χ2n) is 9.79. The molecule has 0 saturated carbocycles. The minimum absolute atomic E-state index is 0.0790. The summed E-state index contributed by atoms with van der Waals surface area (Å²) in [5, 5.41) is 11.3. The van der Waals surface area contributed by atoms with E-state index in [0.717, 1.165) is 38.9 Å². The van der Waals surface area contributed by atoms with Gasteiger partial charge in [-0.25, -0.2) is 0 Å². The van der Waals surface area contributed by atoms with Crippen LogP contribution in [0, 0.1) is 0 Å². The summed E-state index contributed by atoms with van der Waals surface area (Å²) in [7, 11) is 0. The summed E-state index contributed by atoms with van der Waals surface area (Å²) in [5.74, 6) is -0.781. The molecule has 2 aliphatic rings. The van der Waals surface area contributed by atoms with Crippen molar-refractivity contribution in [1.82, 2.24) is 10.6 Å². The average Bonchev–Trinajstić information content (AvgIpc) is 3.66. The lowest BCUT2D eigenvalue weighted by Gasteiger charge is -2.11. The van der Waals surface area contributed by atoms with Gasteiger partial charge < -0.3 is 30.7 Å². The first-order chi connectivity index (χ1) is 19.0. The van der Waals surface area contributed by atoms with Crippen LogP contribution in [0.25, 0.3) is 0 Å². The molecule has 0 radical (unpaired) electrons. The molecule has 0 bridgehead atoms. The Kier molecular flexibility index (Phi) is 10.4. The molecule has 0 aliphatic carbocycles. The van der Waals surface area contributed by atoms with Crippen molar-refractivity contribution in [2.24, 2.45) is 0 Å². The fourth-order valence-electron chi connectivity index (χ4n) is 4.49. The van der Waals surface area contributed by atoms with Gasteiger partial charge in [0.15, 0.2) is 0 Å². The maximum Gasteiger partial charge on any atom is 0.251 e. The van der Waals surface area contributed by atoms with E-state index < -0.39 is 0 Å². The number of carbonyl (C=O) groups excluding carboxylic acids is 4. The third-order valence-electron chi connectivity index (χ3n) is 6.70. The van der Waals surface area contributed by atoms with Gasteiger partial charge in [0, 0.05) is 61.6 Å². The standard InChI is InChI=1S/C29H36N4O6/c34-26(32-22-12-8-20(9-13-22)28(36)30-18-24-4-2-16-38-24)6-1-7-27(35)33-23-14-10-21(11-15-23)29(37)31-19-25-5-3-17-39-25/h8-15,24-25H,1-7,16-19H2,(H,30,36)(H,31,37)(H,32,34)(H,33,35). The maximum atomic E-state index is 12.3. The molecule has 2 unspecified atom stereocenters. The van der Waals surface area contributed by atoms with Crippen molar-refractivity contribution in [3.8, 4) is 0 Å². The molecule has 2 saturated heterocycles. The number of anilines is 2. The fraction of sp³-hybridized carbons (Fsp3) is 0.448.